The van der Waals surface area contributed by atoms with E-state index in [4.69, 9.17) is 5.11 Å². The van der Waals surface area contributed by atoms with Gasteiger partial charge in [-0.15, -0.1) is 0 Å². The van der Waals surface area contributed by atoms with E-state index in [1.165, 1.54) is 11.2 Å². The van der Waals surface area contributed by atoms with Crippen molar-refractivity contribution in [3.05, 3.63) is 0 Å². The monoisotopic (exact) mass is 207 g/mol. The average molecular weight is 207 g/mol. The number of sulfonamides is 1. The fourth-order valence-electron chi connectivity index (χ4n) is 1.55. The van der Waals surface area contributed by atoms with Gasteiger partial charge in [-0.2, -0.15) is 0 Å². The molecule has 0 aromatic heterocycles. The molecule has 0 aliphatic carbocycles. The Morgan fingerprint density at radius 2 is 1.85 bits per heavy atom. The van der Waals surface area contributed by atoms with Crippen LogP contribution in [-0.2, 0) is 10.0 Å². The van der Waals surface area contributed by atoms with E-state index in [9.17, 15) is 8.42 Å². The van der Waals surface area contributed by atoms with Crippen LogP contribution in [0.2, 0.25) is 0 Å². The molecule has 0 saturated carbocycles. The first-order valence-electron chi connectivity index (χ1n) is 4.68. The molecule has 0 aromatic carbocycles. The van der Waals surface area contributed by atoms with Crippen LogP contribution in [0.3, 0.4) is 0 Å². The highest BCUT2D eigenvalue weighted by Gasteiger charge is 2.24. The topological polar surface area (TPSA) is 57.6 Å². The van der Waals surface area contributed by atoms with Crippen LogP contribution in [-0.4, -0.2) is 42.8 Å². The summed E-state index contributed by atoms with van der Waals surface area (Å²) < 4.78 is 24.6. The summed E-state index contributed by atoms with van der Waals surface area (Å²) in [5, 5.41) is 9.01. The van der Waals surface area contributed by atoms with Crippen molar-refractivity contribution in [3.63, 3.8) is 0 Å². The predicted octanol–water partition coefficient (Wildman–Crippen LogP) is 0.183. The van der Waals surface area contributed by atoms with Crippen LogP contribution in [0.15, 0.2) is 0 Å². The molecule has 1 aliphatic rings. The third kappa shape index (κ3) is 3.25. The van der Waals surface area contributed by atoms with Crippen molar-refractivity contribution in [1.29, 1.82) is 0 Å². The fraction of sp³-hybridized carbons (Fsp3) is 1.00. The molecule has 0 radical (unpaired) electrons. The molecule has 1 aliphatic heterocycles. The van der Waals surface area contributed by atoms with E-state index in [1.54, 1.807) is 0 Å². The maximum atomic E-state index is 11.6. The lowest BCUT2D eigenvalue weighted by molar-refractivity contribution is 0.214. The molecule has 0 aromatic rings. The lowest BCUT2D eigenvalue weighted by Gasteiger charge is -2.26. The second-order valence-electron chi connectivity index (χ2n) is 3.59. The number of aliphatic hydroxyl groups excluding tert-OH is 1. The SMILES string of the molecule is CC(O)CS(=O)(=O)N1CCCCC1. The normalized spacial score (nSPS) is 22.9. The fourth-order valence-corrected chi connectivity index (χ4v) is 3.19. The second-order valence-corrected chi connectivity index (χ2v) is 5.60. The number of rotatable bonds is 3. The van der Waals surface area contributed by atoms with Crippen LogP contribution in [0, 0.1) is 0 Å². The zero-order chi connectivity index (χ0) is 9.90. The number of piperidine rings is 1. The van der Waals surface area contributed by atoms with Gasteiger partial charge in [0.05, 0.1) is 11.9 Å². The Morgan fingerprint density at radius 1 is 1.31 bits per heavy atom. The standard InChI is InChI=1S/C8H17NO3S/c1-8(10)7-13(11,12)9-5-3-2-4-6-9/h8,10H,2-7H2,1H3. The summed E-state index contributed by atoms with van der Waals surface area (Å²) in [5.74, 6) is -0.146. The summed E-state index contributed by atoms with van der Waals surface area (Å²) in [4.78, 5) is 0. The van der Waals surface area contributed by atoms with E-state index in [0.29, 0.717) is 13.1 Å². The number of hydrogen-bond donors (Lipinski definition) is 1. The zero-order valence-electron chi connectivity index (χ0n) is 7.94. The molecule has 1 saturated heterocycles. The Morgan fingerprint density at radius 3 is 2.31 bits per heavy atom. The van der Waals surface area contributed by atoms with Crippen molar-refractivity contribution in [3.8, 4) is 0 Å². The summed E-state index contributed by atoms with van der Waals surface area (Å²) in [7, 11) is -3.20. The van der Waals surface area contributed by atoms with Gasteiger partial charge in [0.2, 0.25) is 10.0 Å². The van der Waals surface area contributed by atoms with Crippen LogP contribution in [0.4, 0.5) is 0 Å². The Labute approximate surface area is 79.6 Å². The third-order valence-electron chi connectivity index (χ3n) is 2.16. The van der Waals surface area contributed by atoms with E-state index >= 15 is 0 Å². The van der Waals surface area contributed by atoms with Crippen LogP contribution in [0.5, 0.6) is 0 Å². The van der Waals surface area contributed by atoms with Crippen molar-refractivity contribution in [2.24, 2.45) is 0 Å². The summed E-state index contributed by atoms with van der Waals surface area (Å²) >= 11 is 0. The Hall–Kier alpha value is -0.130. The van der Waals surface area contributed by atoms with E-state index in [1.807, 2.05) is 0 Å². The second kappa shape index (κ2) is 4.39. The number of aliphatic hydroxyl groups is 1. The maximum absolute atomic E-state index is 11.6. The molecule has 1 N–H and O–H groups in total. The van der Waals surface area contributed by atoms with Crippen molar-refractivity contribution in [2.45, 2.75) is 32.3 Å². The van der Waals surface area contributed by atoms with Crippen molar-refractivity contribution >= 4 is 10.0 Å². The van der Waals surface area contributed by atoms with Crippen LogP contribution >= 0.6 is 0 Å². The largest absolute Gasteiger partial charge is 0.392 e. The minimum atomic E-state index is -3.20. The molecule has 4 nitrogen and oxygen atoms in total. The molecule has 78 valence electrons. The minimum absolute atomic E-state index is 0.146. The smallest absolute Gasteiger partial charge is 0.216 e. The first-order valence-corrected chi connectivity index (χ1v) is 6.29. The summed E-state index contributed by atoms with van der Waals surface area (Å²) in [6, 6.07) is 0. The predicted molar refractivity (Wildman–Crippen MR) is 50.9 cm³/mol. The van der Waals surface area contributed by atoms with Gasteiger partial charge in [0.15, 0.2) is 0 Å². The molecule has 0 spiro atoms. The van der Waals surface area contributed by atoms with Crippen LogP contribution in [0.25, 0.3) is 0 Å². The van der Waals surface area contributed by atoms with E-state index < -0.39 is 16.1 Å². The Kier molecular flexibility index (Phi) is 3.70. The van der Waals surface area contributed by atoms with Gasteiger partial charge < -0.3 is 5.11 Å². The van der Waals surface area contributed by atoms with Gasteiger partial charge in [0, 0.05) is 13.1 Å². The summed E-state index contributed by atoms with van der Waals surface area (Å²) in [6.07, 6.45) is 2.23. The van der Waals surface area contributed by atoms with Crippen molar-refractivity contribution in [1.82, 2.24) is 4.31 Å². The molecular weight excluding hydrogens is 190 g/mol. The molecule has 13 heavy (non-hydrogen) atoms. The first kappa shape index (κ1) is 10.9. The summed E-state index contributed by atoms with van der Waals surface area (Å²) in [5.41, 5.74) is 0. The van der Waals surface area contributed by atoms with E-state index in [0.717, 1.165) is 19.3 Å². The van der Waals surface area contributed by atoms with Gasteiger partial charge in [0.25, 0.3) is 0 Å². The molecule has 1 heterocycles. The van der Waals surface area contributed by atoms with Gasteiger partial charge in [-0.25, -0.2) is 12.7 Å². The first-order chi connectivity index (χ1) is 6.02. The number of nitrogens with zero attached hydrogens (tertiary/aromatic N) is 1. The Bertz CT molecular complexity index is 242. The van der Waals surface area contributed by atoms with Gasteiger partial charge in [-0.05, 0) is 19.8 Å². The lowest BCUT2D eigenvalue weighted by atomic mass is 10.2. The highest BCUT2D eigenvalue weighted by molar-refractivity contribution is 7.89. The van der Waals surface area contributed by atoms with E-state index in [-0.39, 0.29) is 5.75 Å². The quantitative estimate of drug-likeness (QED) is 0.718. The minimum Gasteiger partial charge on any atom is -0.392 e. The zero-order valence-corrected chi connectivity index (χ0v) is 8.76. The molecule has 1 rings (SSSR count). The molecule has 1 atom stereocenters. The van der Waals surface area contributed by atoms with Gasteiger partial charge in [-0.1, -0.05) is 6.42 Å². The van der Waals surface area contributed by atoms with Crippen molar-refractivity contribution in [2.75, 3.05) is 18.8 Å². The van der Waals surface area contributed by atoms with Crippen molar-refractivity contribution < 1.29 is 13.5 Å². The van der Waals surface area contributed by atoms with Gasteiger partial charge in [0.1, 0.15) is 0 Å². The van der Waals surface area contributed by atoms with Gasteiger partial charge in [-0.3, -0.25) is 0 Å². The average Bonchev–Trinajstić information content (AvgIpc) is 2.04. The van der Waals surface area contributed by atoms with Crippen LogP contribution in [0.1, 0.15) is 26.2 Å². The highest BCUT2D eigenvalue weighted by atomic mass is 32.2. The highest BCUT2D eigenvalue weighted by Crippen LogP contribution is 2.13. The third-order valence-corrected chi connectivity index (χ3v) is 4.22. The lowest BCUT2D eigenvalue weighted by Crippen LogP contribution is -2.39. The van der Waals surface area contributed by atoms with Crippen LogP contribution < -0.4 is 0 Å². The molecule has 0 bridgehead atoms. The molecule has 1 fully saturated rings. The number of hydrogen-bond acceptors (Lipinski definition) is 3. The molecule has 0 amide bonds. The summed E-state index contributed by atoms with van der Waals surface area (Å²) in [6.45, 7) is 2.74. The maximum Gasteiger partial charge on any atom is 0.216 e. The molecule has 5 heteroatoms. The van der Waals surface area contributed by atoms with Gasteiger partial charge >= 0.3 is 0 Å². The molecular formula is C8H17NO3S. The molecule has 1 unspecified atom stereocenters. The van der Waals surface area contributed by atoms with E-state index in [2.05, 4.69) is 0 Å². The Balaban J connectivity index is 2.57.